The Morgan fingerprint density at radius 2 is 1.94 bits per heavy atom. The van der Waals surface area contributed by atoms with Gasteiger partial charge in [0.05, 0.1) is 6.61 Å². The number of piperidine rings is 1. The van der Waals surface area contributed by atoms with Crippen LogP contribution in [-0.2, 0) is 9.09 Å². The van der Waals surface area contributed by atoms with Crippen LogP contribution in [0.25, 0.3) is 0 Å². The van der Waals surface area contributed by atoms with Crippen molar-refractivity contribution < 1.29 is 9.09 Å². The third-order valence-electron chi connectivity index (χ3n) is 3.67. The molecule has 2 aliphatic rings. The van der Waals surface area contributed by atoms with E-state index < -0.39 is 7.67 Å². The largest absolute Gasteiger partial charge is 0.346 e. The Labute approximate surface area is 119 Å². The fourth-order valence-corrected chi connectivity index (χ4v) is 6.16. The lowest BCUT2D eigenvalue weighted by atomic mass is 10.0. The Morgan fingerprint density at radius 1 is 1.22 bits per heavy atom. The van der Waals surface area contributed by atoms with Crippen LogP contribution < -0.4 is 0 Å². The molecular weight excluding hydrogens is 294 g/mol. The maximum absolute atomic E-state index is 13.2. The molecule has 2 atom stereocenters. The highest BCUT2D eigenvalue weighted by Crippen LogP contribution is 2.59. The van der Waals surface area contributed by atoms with Crippen LogP contribution in [0, 0.1) is 0 Å². The van der Waals surface area contributed by atoms with Crippen molar-refractivity contribution in [1.82, 2.24) is 9.34 Å². The van der Waals surface area contributed by atoms with Gasteiger partial charge >= 0.3 is 7.67 Å². The van der Waals surface area contributed by atoms with Crippen LogP contribution in [-0.4, -0.2) is 53.4 Å². The molecule has 0 saturated carbocycles. The molecule has 0 spiro atoms. The molecule has 4 nitrogen and oxygen atoms in total. The number of fused-ring (bicyclic) bond motifs is 1. The van der Waals surface area contributed by atoms with E-state index >= 15 is 0 Å². The number of hydrogen-bond acceptors (Lipinski definition) is 2. The second-order valence-corrected chi connectivity index (χ2v) is 7.83. The van der Waals surface area contributed by atoms with Crippen molar-refractivity contribution in [2.45, 2.75) is 31.7 Å². The summed E-state index contributed by atoms with van der Waals surface area (Å²) in [6.07, 6.45) is 4.44. The molecular formula is C11H21Cl2N2O2P. The fraction of sp³-hybridized carbons (Fsp3) is 1.00. The minimum Gasteiger partial charge on any atom is -0.306 e. The third-order valence-corrected chi connectivity index (χ3v) is 6.82. The van der Waals surface area contributed by atoms with E-state index in [0.29, 0.717) is 37.5 Å². The average Bonchev–Trinajstić information content (AvgIpc) is 2.39. The van der Waals surface area contributed by atoms with E-state index in [1.165, 1.54) is 6.42 Å². The van der Waals surface area contributed by atoms with E-state index in [-0.39, 0.29) is 0 Å². The summed E-state index contributed by atoms with van der Waals surface area (Å²) in [5.41, 5.74) is 0. The van der Waals surface area contributed by atoms with Crippen LogP contribution in [0.2, 0.25) is 0 Å². The van der Waals surface area contributed by atoms with E-state index in [1.807, 2.05) is 4.67 Å². The Hall–Kier alpha value is 0.690. The summed E-state index contributed by atoms with van der Waals surface area (Å²) in [5.74, 6) is 0.894. The van der Waals surface area contributed by atoms with E-state index in [2.05, 4.69) is 4.67 Å². The van der Waals surface area contributed by atoms with E-state index in [0.717, 1.165) is 25.8 Å². The van der Waals surface area contributed by atoms with Crippen LogP contribution >= 0.6 is 30.9 Å². The number of nitrogens with zero attached hydrogens (tertiary/aromatic N) is 2. The van der Waals surface area contributed by atoms with Crippen LogP contribution in [0.5, 0.6) is 0 Å². The van der Waals surface area contributed by atoms with Gasteiger partial charge in [0.25, 0.3) is 0 Å². The first-order valence-electron chi connectivity index (χ1n) is 6.61. The Bertz CT molecular complexity index is 311. The summed E-state index contributed by atoms with van der Waals surface area (Å²) in [6.45, 7) is 2.58. The maximum atomic E-state index is 13.2. The summed E-state index contributed by atoms with van der Waals surface area (Å²) in [7, 11) is -2.89. The lowest BCUT2D eigenvalue weighted by Gasteiger charge is -2.47. The molecule has 106 valence electrons. The van der Waals surface area contributed by atoms with Gasteiger partial charge in [0, 0.05) is 37.4 Å². The van der Waals surface area contributed by atoms with E-state index in [4.69, 9.17) is 27.7 Å². The number of rotatable bonds is 5. The Balaban J connectivity index is 2.16. The number of hydrogen-bond donors (Lipinski definition) is 0. The molecule has 18 heavy (non-hydrogen) atoms. The van der Waals surface area contributed by atoms with Crippen molar-refractivity contribution in [3.63, 3.8) is 0 Å². The smallest absolute Gasteiger partial charge is 0.306 e. The molecule has 0 N–H and O–H groups in total. The third kappa shape index (κ3) is 3.05. The molecule has 0 aromatic carbocycles. The first-order valence-corrected chi connectivity index (χ1v) is 9.21. The summed E-state index contributed by atoms with van der Waals surface area (Å²) in [5, 5.41) is 0. The molecule has 0 aromatic rings. The van der Waals surface area contributed by atoms with Crippen LogP contribution in [0.4, 0.5) is 0 Å². The molecule has 0 aromatic heterocycles. The van der Waals surface area contributed by atoms with E-state index in [1.54, 1.807) is 0 Å². The fourth-order valence-electron chi connectivity index (χ4n) is 2.80. The number of alkyl halides is 2. The zero-order chi connectivity index (χ0) is 13.0. The second-order valence-electron chi connectivity index (χ2n) is 4.76. The van der Waals surface area contributed by atoms with E-state index in [9.17, 15) is 4.57 Å². The topological polar surface area (TPSA) is 32.8 Å². The highest BCUT2D eigenvalue weighted by molar-refractivity contribution is 7.54. The lowest BCUT2D eigenvalue weighted by Crippen LogP contribution is -2.46. The van der Waals surface area contributed by atoms with Gasteiger partial charge in [-0.05, 0) is 19.3 Å². The van der Waals surface area contributed by atoms with Gasteiger partial charge in [-0.3, -0.25) is 4.57 Å². The summed E-state index contributed by atoms with van der Waals surface area (Å²) in [4.78, 5) is 0. The highest BCUT2D eigenvalue weighted by atomic mass is 35.5. The van der Waals surface area contributed by atoms with Crippen molar-refractivity contribution in [1.29, 1.82) is 0 Å². The molecule has 0 amide bonds. The maximum Gasteiger partial charge on any atom is 0.346 e. The number of halogens is 2. The van der Waals surface area contributed by atoms with Crippen LogP contribution in [0.1, 0.15) is 25.7 Å². The molecule has 0 unspecified atom stereocenters. The summed E-state index contributed by atoms with van der Waals surface area (Å²) >= 11 is 11.6. The lowest BCUT2D eigenvalue weighted by molar-refractivity contribution is 0.105. The zero-order valence-corrected chi connectivity index (χ0v) is 13.0. The van der Waals surface area contributed by atoms with Gasteiger partial charge in [-0.2, -0.15) is 0 Å². The zero-order valence-electron chi connectivity index (χ0n) is 10.6. The average molecular weight is 315 g/mol. The molecule has 2 rings (SSSR count). The standard InChI is InChI=1S/C11H21Cl2N2O2P/c12-5-8-14(9-6-13)18(16)15-7-2-1-3-11(15)4-10-17-18/h11H,1-10H2/t11-,18+/m0/s1. The molecule has 2 fully saturated rings. The first kappa shape index (κ1) is 15.1. The van der Waals surface area contributed by atoms with Crippen LogP contribution in [0.3, 0.4) is 0 Å². The first-order chi connectivity index (χ1) is 8.72. The van der Waals surface area contributed by atoms with Gasteiger partial charge in [0.1, 0.15) is 0 Å². The Kier molecular flexibility index (Phi) is 5.80. The van der Waals surface area contributed by atoms with Crippen molar-refractivity contribution in [3.05, 3.63) is 0 Å². The molecule has 0 radical (unpaired) electrons. The van der Waals surface area contributed by atoms with Gasteiger partial charge in [-0.15, -0.1) is 23.2 Å². The van der Waals surface area contributed by atoms with Crippen molar-refractivity contribution in [2.75, 3.05) is 38.0 Å². The predicted molar refractivity (Wildman–Crippen MR) is 75.5 cm³/mol. The second kappa shape index (κ2) is 6.92. The quantitative estimate of drug-likeness (QED) is 0.576. The molecule has 2 heterocycles. The minimum absolute atomic E-state index is 0.409. The minimum atomic E-state index is -2.89. The van der Waals surface area contributed by atoms with Crippen molar-refractivity contribution >= 4 is 30.9 Å². The van der Waals surface area contributed by atoms with Gasteiger partial charge in [-0.25, -0.2) is 9.34 Å². The molecule has 0 aliphatic carbocycles. The SMILES string of the molecule is O=[P@]1(N(CCCl)CCCl)OCC[C@@H]2CCCCN21. The molecule has 2 saturated heterocycles. The monoisotopic (exact) mass is 314 g/mol. The Morgan fingerprint density at radius 3 is 2.61 bits per heavy atom. The highest BCUT2D eigenvalue weighted by Gasteiger charge is 2.45. The summed E-state index contributed by atoms with van der Waals surface area (Å²) in [6, 6.07) is 0.409. The molecule has 0 bridgehead atoms. The molecule has 2 aliphatic heterocycles. The van der Waals surface area contributed by atoms with Crippen molar-refractivity contribution in [3.8, 4) is 0 Å². The van der Waals surface area contributed by atoms with Gasteiger partial charge in [0.15, 0.2) is 0 Å². The van der Waals surface area contributed by atoms with Gasteiger partial charge < -0.3 is 4.52 Å². The van der Waals surface area contributed by atoms with Crippen LogP contribution in [0.15, 0.2) is 0 Å². The normalized spacial score (nSPS) is 33.6. The van der Waals surface area contributed by atoms with Crippen molar-refractivity contribution in [2.24, 2.45) is 0 Å². The molecule has 7 heteroatoms. The summed E-state index contributed by atoms with van der Waals surface area (Å²) < 4.78 is 22.8. The predicted octanol–water partition coefficient (Wildman–Crippen LogP) is 3.15. The van der Waals surface area contributed by atoms with Gasteiger partial charge in [-0.1, -0.05) is 6.42 Å². The van der Waals surface area contributed by atoms with Gasteiger partial charge in [0.2, 0.25) is 0 Å².